The smallest absolute Gasteiger partial charge is 0.337 e. The summed E-state index contributed by atoms with van der Waals surface area (Å²) in [5.74, 6) is -0.332. The van der Waals surface area contributed by atoms with Crippen LogP contribution in [-0.4, -0.2) is 18.1 Å². The second kappa shape index (κ2) is 6.19. The van der Waals surface area contributed by atoms with E-state index in [2.05, 4.69) is 10.3 Å². The highest BCUT2D eigenvalue weighted by atomic mass is 16.5. The summed E-state index contributed by atoms with van der Waals surface area (Å²) in [7, 11) is 1.38. The maximum Gasteiger partial charge on any atom is 0.337 e. The van der Waals surface area contributed by atoms with Gasteiger partial charge in [0.05, 0.1) is 24.9 Å². The molecule has 20 heavy (non-hydrogen) atoms. The Morgan fingerprint density at radius 3 is 2.70 bits per heavy atom. The predicted molar refractivity (Wildman–Crippen MR) is 78.8 cm³/mol. The van der Waals surface area contributed by atoms with Crippen LogP contribution in [-0.2, 0) is 11.3 Å². The molecule has 4 nitrogen and oxygen atoms in total. The number of aromatic nitrogens is 1. The molecule has 0 unspecified atom stereocenters. The molecule has 0 bridgehead atoms. The van der Waals surface area contributed by atoms with Crippen molar-refractivity contribution in [3.8, 4) is 0 Å². The number of esters is 1. The van der Waals surface area contributed by atoms with E-state index in [1.807, 2.05) is 38.2 Å². The number of anilines is 1. The van der Waals surface area contributed by atoms with E-state index in [0.717, 1.165) is 22.5 Å². The first-order valence-electron chi connectivity index (χ1n) is 6.44. The zero-order valence-corrected chi connectivity index (χ0v) is 11.9. The Bertz CT molecular complexity index is 606. The summed E-state index contributed by atoms with van der Waals surface area (Å²) >= 11 is 0. The number of ether oxygens (including phenoxy) is 1. The quantitative estimate of drug-likeness (QED) is 0.867. The first kappa shape index (κ1) is 14.1. The van der Waals surface area contributed by atoms with Crippen LogP contribution in [0.15, 0.2) is 36.5 Å². The van der Waals surface area contributed by atoms with Crippen LogP contribution in [0.3, 0.4) is 0 Å². The van der Waals surface area contributed by atoms with Crippen LogP contribution in [0.25, 0.3) is 0 Å². The lowest BCUT2D eigenvalue weighted by Gasteiger charge is -2.11. The third-order valence-corrected chi connectivity index (χ3v) is 3.09. The molecule has 4 heteroatoms. The fraction of sp³-hybridized carbons (Fsp3) is 0.250. The second-order valence-corrected chi connectivity index (χ2v) is 4.70. The molecular formula is C16H18N2O2. The Labute approximate surface area is 118 Å². The first-order valence-corrected chi connectivity index (χ1v) is 6.44. The number of nitrogens with one attached hydrogen (secondary N) is 1. The molecule has 104 valence electrons. The van der Waals surface area contributed by atoms with Gasteiger partial charge < -0.3 is 10.1 Å². The number of carbonyl (C=O) groups is 1. The summed E-state index contributed by atoms with van der Waals surface area (Å²) in [6, 6.07) is 9.48. The van der Waals surface area contributed by atoms with Gasteiger partial charge in [-0.3, -0.25) is 4.98 Å². The lowest BCUT2D eigenvalue weighted by molar-refractivity contribution is 0.0601. The van der Waals surface area contributed by atoms with Gasteiger partial charge in [0, 0.05) is 11.9 Å². The average molecular weight is 270 g/mol. The van der Waals surface area contributed by atoms with Crippen LogP contribution in [0.4, 0.5) is 5.69 Å². The van der Waals surface area contributed by atoms with E-state index in [1.54, 1.807) is 12.1 Å². The highest BCUT2D eigenvalue weighted by Gasteiger charge is 2.07. The number of carbonyl (C=O) groups excluding carboxylic acids is 1. The molecule has 1 aromatic carbocycles. The summed E-state index contributed by atoms with van der Waals surface area (Å²) in [6.07, 6.45) is 1.84. The number of benzene rings is 1. The second-order valence-electron chi connectivity index (χ2n) is 4.70. The molecule has 1 aromatic heterocycles. The molecule has 0 aliphatic rings. The molecular weight excluding hydrogens is 252 g/mol. The Hall–Kier alpha value is -2.36. The normalized spacial score (nSPS) is 10.2. The molecule has 0 aliphatic carbocycles. The van der Waals surface area contributed by atoms with Crippen molar-refractivity contribution in [3.05, 3.63) is 58.9 Å². The van der Waals surface area contributed by atoms with Gasteiger partial charge in [-0.1, -0.05) is 12.1 Å². The largest absolute Gasteiger partial charge is 0.465 e. The third kappa shape index (κ3) is 3.35. The fourth-order valence-corrected chi connectivity index (χ4v) is 1.85. The summed E-state index contributed by atoms with van der Waals surface area (Å²) in [5, 5.41) is 3.30. The van der Waals surface area contributed by atoms with Crippen molar-refractivity contribution in [1.82, 2.24) is 4.98 Å². The molecule has 1 heterocycles. The Morgan fingerprint density at radius 1 is 1.25 bits per heavy atom. The summed E-state index contributed by atoms with van der Waals surface area (Å²) in [6.45, 7) is 4.62. The molecule has 0 radical (unpaired) electrons. The van der Waals surface area contributed by atoms with Crippen molar-refractivity contribution in [2.24, 2.45) is 0 Å². The Balaban J connectivity index is 2.12. The summed E-state index contributed by atoms with van der Waals surface area (Å²) in [5.41, 5.74) is 4.62. The van der Waals surface area contributed by atoms with E-state index in [0.29, 0.717) is 12.1 Å². The topological polar surface area (TPSA) is 51.2 Å². The number of nitrogens with zero attached hydrogens (tertiary/aromatic N) is 1. The van der Waals surface area contributed by atoms with Crippen molar-refractivity contribution in [3.63, 3.8) is 0 Å². The molecule has 0 saturated carbocycles. The molecule has 0 spiro atoms. The summed E-state index contributed by atoms with van der Waals surface area (Å²) < 4.78 is 4.73. The monoisotopic (exact) mass is 270 g/mol. The van der Waals surface area contributed by atoms with Crippen LogP contribution in [0.2, 0.25) is 0 Å². The number of rotatable bonds is 4. The van der Waals surface area contributed by atoms with Gasteiger partial charge in [-0.25, -0.2) is 4.79 Å². The molecule has 0 amide bonds. The van der Waals surface area contributed by atoms with Gasteiger partial charge in [0.15, 0.2) is 0 Å². The lowest BCUT2D eigenvalue weighted by atomic mass is 10.1. The minimum Gasteiger partial charge on any atom is -0.465 e. The van der Waals surface area contributed by atoms with Gasteiger partial charge in [-0.15, -0.1) is 0 Å². The number of hydrogen-bond acceptors (Lipinski definition) is 4. The number of aryl methyl sites for hydroxylation is 2. The SMILES string of the molecule is COC(=O)c1ccc(C)c(NCc2ccc(C)cn2)c1. The maximum atomic E-state index is 11.5. The standard InChI is InChI=1S/C16H18N2O2/c1-11-4-7-14(17-9-11)10-18-15-8-13(16(19)20-3)6-5-12(15)2/h4-9,18H,10H2,1-3H3. The van der Waals surface area contributed by atoms with Gasteiger partial charge in [-0.2, -0.15) is 0 Å². The molecule has 0 atom stereocenters. The highest BCUT2D eigenvalue weighted by Crippen LogP contribution is 2.18. The highest BCUT2D eigenvalue weighted by molar-refractivity contribution is 5.90. The Morgan fingerprint density at radius 2 is 2.05 bits per heavy atom. The molecule has 2 aromatic rings. The number of pyridine rings is 1. The van der Waals surface area contributed by atoms with Crippen molar-refractivity contribution in [1.29, 1.82) is 0 Å². The van der Waals surface area contributed by atoms with Crippen LogP contribution in [0.5, 0.6) is 0 Å². The van der Waals surface area contributed by atoms with Gasteiger partial charge in [0.1, 0.15) is 0 Å². The summed E-state index contributed by atoms with van der Waals surface area (Å²) in [4.78, 5) is 15.9. The number of methoxy groups -OCH3 is 1. The van der Waals surface area contributed by atoms with Crippen LogP contribution in [0.1, 0.15) is 27.2 Å². The molecule has 0 saturated heterocycles. The van der Waals surface area contributed by atoms with Gasteiger partial charge in [0.2, 0.25) is 0 Å². The third-order valence-electron chi connectivity index (χ3n) is 3.09. The van der Waals surface area contributed by atoms with E-state index < -0.39 is 0 Å². The zero-order chi connectivity index (χ0) is 14.5. The van der Waals surface area contributed by atoms with E-state index >= 15 is 0 Å². The molecule has 0 aliphatic heterocycles. The van der Waals surface area contributed by atoms with Crippen molar-refractivity contribution >= 4 is 11.7 Å². The maximum absolute atomic E-state index is 11.5. The van der Waals surface area contributed by atoms with Crippen LogP contribution in [0, 0.1) is 13.8 Å². The first-order chi connectivity index (χ1) is 9.60. The van der Waals surface area contributed by atoms with E-state index in [-0.39, 0.29) is 5.97 Å². The van der Waals surface area contributed by atoms with Crippen LogP contribution >= 0.6 is 0 Å². The predicted octanol–water partition coefficient (Wildman–Crippen LogP) is 3.10. The zero-order valence-electron chi connectivity index (χ0n) is 11.9. The minimum atomic E-state index is -0.332. The van der Waals surface area contributed by atoms with E-state index in [4.69, 9.17) is 4.74 Å². The van der Waals surface area contributed by atoms with Gasteiger partial charge in [-0.05, 0) is 43.2 Å². The molecule has 0 fully saturated rings. The Kier molecular flexibility index (Phi) is 4.35. The van der Waals surface area contributed by atoms with Crippen molar-refractivity contribution in [2.45, 2.75) is 20.4 Å². The van der Waals surface area contributed by atoms with Crippen LogP contribution < -0.4 is 5.32 Å². The lowest BCUT2D eigenvalue weighted by Crippen LogP contribution is -2.06. The van der Waals surface area contributed by atoms with Gasteiger partial charge in [0.25, 0.3) is 0 Å². The van der Waals surface area contributed by atoms with E-state index in [9.17, 15) is 4.79 Å². The van der Waals surface area contributed by atoms with Crippen molar-refractivity contribution in [2.75, 3.05) is 12.4 Å². The average Bonchev–Trinajstić information content (AvgIpc) is 2.47. The fourth-order valence-electron chi connectivity index (χ4n) is 1.85. The number of hydrogen-bond donors (Lipinski definition) is 1. The minimum absolute atomic E-state index is 0.332. The molecule has 2 rings (SSSR count). The van der Waals surface area contributed by atoms with E-state index in [1.165, 1.54) is 7.11 Å². The molecule has 1 N–H and O–H groups in total. The van der Waals surface area contributed by atoms with Gasteiger partial charge >= 0.3 is 5.97 Å². The van der Waals surface area contributed by atoms with Crippen molar-refractivity contribution < 1.29 is 9.53 Å².